The standard InChI is InChI=1S/C31H36FNO5/c1-20(2)29-26(19-34)28(21-9-7-6-8-10-21)30(22-11-13-23(32)14-12-22)33(29)16-15-24(35)17-25(36)18-27(37)38-31(3,4)5/h6-14,19-20,24,35H,15-18H2,1-5H3. The zero-order valence-corrected chi connectivity index (χ0v) is 22.7. The summed E-state index contributed by atoms with van der Waals surface area (Å²) in [4.78, 5) is 36.8. The molecule has 0 spiro atoms. The molecule has 7 heteroatoms. The molecule has 202 valence electrons. The molecule has 0 aliphatic rings. The second-order valence-electron chi connectivity index (χ2n) is 10.8. The molecule has 1 atom stereocenters. The molecule has 0 aliphatic carbocycles. The summed E-state index contributed by atoms with van der Waals surface area (Å²) >= 11 is 0. The van der Waals surface area contributed by atoms with Crippen LogP contribution in [0.4, 0.5) is 4.39 Å². The Kier molecular flexibility index (Phi) is 9.39. The van der Waals surface area contributed by atoms with Gasteiger partial charge in [0.2, 0.25) is 0 Å². The van der Waals surface area contributed by atoms with Crippen molar-refractivity contribution in [3.8, 4) is 22.4 Å². The minimum absolute atomic E-state index is 0.0298. The number of rotatable bonds is 11. The SMILES string of the molecule is CC(C)c1c(C=O)c(-c2ccccc2)c(-c2ccc(F)cc2)n1CCC(O)CC(=O)CC(=O)OC(C)(C)C. The number of esters is 1. The summed E-state index contributed by atoms with van der Waals surface area (Å²) < 4.78 is 21.0. The monoisotopic (exact) mass is 521 g/mol. The molecule has 0 amide bonds. The topological polar surface area (TPSA) is 85.6 Å². The van der Waals surface area contributed by atoms with Gasteiger partial charge in [-0.3, -0.25) is 14.4 Å². The Balaban J connectivity index is 1.96. The number of halogens is 1. The molecule has 0 fully saturated rings. The molecule has 2 aromatic carbocycles. The second kappa shape index (κ2) is 12.3. The summed E-state index contributed by atoms with van der Waals surface area (Å²) in [5.74, 6) is -1.42. The van der Waals surface area contributed by atoms with Crippen LogP contribution in [-0.4, -0.2) is 39.4 Å². The summed E-state index contributed by atoms with van der Waals surface area (Å²) in [6, 6.07) is 15.6. The number of carbonyl (C=O) groups is 3. The zero-order valence-electron chi connectivity index (χ0n) is 22.7. The van der Waals surface area contributed by atoms with Crippen LogP contribution in [0.15, 0.2) is 54.6 Å². The predicted molar refractivity (Wildman–Crippen MR) is 145 cm³/mol. The molecular weight excluding hydrogens is 485 g/mol. The highest BCUT2D eigenvalue weighted by atomic mass is 19.1. The van der Waals surface area contributed by atoms with Gasteiger partial charge in [-0.2, -0.15) is 0 Å². The number of aliphatic hydroxyl groups excluding tert-OH is 1. The molecule has 6 nitrogen and oxygen atoms in total. The molecule has 0 saturated heterocycles. The van der Waals surface area contributed by atoms with Crippen LogP contribution in [0.3, 0.4) is 0 Å². The smallest absolute Gasteiger partial charge is 0.313 e. The highest BCUT2D eigenvalue weighted by molar-refractivity contribution is 5.97. The van der Waals surface area contributed by atoms with Gasteiger partial charge in [-0.15, -0.1) is 0 Å². The van der Waals surface area contributed by atoms with E-state index < -0.39 is 29.9 Å². The van der Waals surface area contributed by atoms with Crippen molar-refractivity contribution in [2.75, 3.05) is 0 Å². The number of hydrogen-bond acceptors (Lipinski definition) is 5. The van der Waals surface area contributed by atoms with Crippen LogP contribution in [-0.2, 0) is 20.9 Å². The van der Waals surface area contributed by atoms with Crippen LogP contribution in [0.25, 0.3) is 22.4 Å². The van der Waals surface area contributed by atoms with Crippen molar-refractivity contribution in [3.63, 3.8) is 0 Å². The van der Waals surface area contributed by atoms with Crippen molar-refractivity contribution in [1.29, 1.82) is 0 Å². The molecule has 0 aliphatic heterocycles. The largest absolute Gasteiger partial charge is 0.460 e. The van der Waals surface area contributed by atoms with E-state index in [1.807, 2.05) is 48.7 Å². The third-order valence-electron chi connectivity index (χ3n) is 6.10. The quantitative estimate of drug-likeness (QED) is 0.181. The molecular formula is C31H36FNO5. The van der Waals surface area contributed by atoms with E-state index in [0.717, 1.165) is 34.4 Å². The minimum Gasteiger partial charge on any atom is -0.460 e. The van der Waals surface area contributed by atoms with E-state index in [-0.39, 0.29) is 24.6 Å². The Hall–Kier alpha value is -3.58. The van der Waals surface area contributed by atoms with E-state index in [4.69, 9.17) is 4.74 Å². The Morgan fingerprint density at radius 2 is 1.66 bits per heavy atom. The Labute approximate surface area is 223 Å². The number of carbonyl (C=O) groups excluding carboxylic acids is 3. The van der Waals surface area contributed by atoms with E-state index in [2.05, 4.69) is 0 Å². The number of ketones is 1. The number of aldehydes is 1. The van der Waals surface area contributed by atoms with Crippen molar-refractivity contribution in [2.45, 2.75) is 78.0 Å². The number of aliphatic hydroxyl groups is 1. The van der Waals surface area contributed by atoms with E-state index in [1.54, 1.807) is 32.9 Å². The maximum atomic E-state index is 13.8. The molecule has 3 aromatic rings. The van der Waals surface area contributed by atoms with Gasteiger partial charge in [-0.25, -0.2) is 4.39 Å². The lowest BCUT2D eigenvalue weighted by Crippen LogP contribution is -2.26. The number of benzene rings is 2. The molecule has 0 bridgehead atoms. The average molecular weight is 522 g/mol. The molecule has 0 saturated carbocycles. The van der Waals surface area contributed by atoms with Crippen molar-refractivity contribution in [3.05, 3.63) is 71.7 Å². The number of Topliss-reactive ketones (excluding diaryl/α,β-unsaturated/α-hetero) is 1. The molecule has 1 heterocycles. The summed E-state index contributed by atoms with van der Waals surface area (Å²) in [6.45, 7) is 9.47. The molecule has 1 N–H and O–H groups in total. The van der Waals surface area contributed by atoms with E-state index >= 15 is 0 Å². The third-order valence-corrected chi connectivity index (χ3v) is 6.10. The van der Waals surface area contributed by atoms with Gasteiger partial charge in [-0.1, -0.05) is 44.2 Å². The van der Waals surface area contributed by atoms with Crippen LogP contribution in [0.5, 0.6) is 0 Å². The van der Waals surface area contributed by atoms with Crippen LogP contribution >= 0.6 is 0 Å². The lowest BCUT2D eigenvalue weighted by molar-refractivity contribution is -0.156. The van der Waals surface area contributed by atoms with E-state index in [9.17, 15) is 23.9 Å². The highest BCUT2D eigenvalue weighted by Gasteiger charge is 2.27. The van der Waals surface area contributed by atoms with Gasteiger partial charge < -0.3 is 14.4 Å². The first-order valence-corrected chi connectivity index (χ1v) is 12.9. The fourth-order valence-corrected chi connectivity index (χ4v) is 4.69. The van der Waals surface area contributed by atoms with Crippen LogP contribution in [0, 0.1) is 5.82 Å². The Morgan fingerprint density at radius 3 is 2.21 bits per heavy atom. The molecule has 0 radical (unpaired) electrons. The first-order chi connectivity index (χ1) is 17.9. The third kappa shape index (κ3) is 7.25. The Bertz CT molecular complexity index is 1270. The molecule has 1 unspecified atom stereocenters. The van der Waals surface area contributed by atoms with Gasteiger partial charge in [0.25, 0.3) is 0 Å². The number of ether oxygens (including phenoxy) is 1. The number of hydrogen-bond donors (Lipinski definition) is 1. The maximum absolute atomic E-state index is 13.8. The fraction of sp³-hybridized carbons (Fsp3) is 0.387. The fourth-order valence-electron chi connectivity index (χ4n) is 4.69. The van der Waals surface area contributed by atoms with Gasteiger partial charge in [-0.05, 0) is 68.5 Å². The number of nitrogens with zero attached hydrogens (tertiary/aromatic N) is 1. The summed E-state index contributed by atoms with van der Waals surface area (Å²) in [6.07, 6.45) is -0.510. The van der Waals surface area contributed by atoms with Crippen LogP contribution < -0.4 is 0 Å². The molecule has 1 aromatic heterocycles. The summed E-state index contributed by atoms with van der Waals surface area (Å²) in [7, 11) is 0. The second-order valence-corrected chi connectivity index (χ2v) is 10.8. The van der Waals surface area contributed by atoms with Crippen LogP contribution in [0.1, 0.15) is 75.9 Å². The van der Waals surface area contributed by atoms with Crippen LogP contribution in [0.2, 0.25) is 0 Å². The van der Waals surface area contributed by atoms with Gasteiger partial charge in [0.1, 0.15) is 23.6 Å². The predicted octanol–water partition coefficient (Wildman–Crippen LogP) is 6.34. The highest BCUT2D eigenvalue weighted by Crippen LogP contribution is 2.41. The molecule has 3 rings (SSSR count). The van der Waals surface area contributed by atoms with E-state index in [1.165, 1.54) is 12.1 Å². The van der Waals surface area contributed by atoms with Crippen molar-refractivity contribution < 1.29 is 28.6 Å². The van der Waals surface area contributed by atoms with Gasteiger partial charge >= 0.3 is 5.97 Å². The zero-order chi connectivity index (χ0) is 28.0. The van der Waals surface area contributed by atoms with Crippen molar-refractivity contribution in [2.24, 2.45) is 0 Å². The summed E-state index contributed by atoms with van der Waals surface area (Å²) in [5, 5.41) is 10.7. The van der Waals surface area contributed by atoms with Gasteiger partial charge in [0.05, 0.1) is 11.8 Å². The maximum Gasteiger partial charge on any atom is 0.313 e. The minimum atomic E-state index is -0.992. The normalized spacial score (nSPS) is 12.4. The lowest BCUT2D eigenvalue weighted by atomic mass is 9.96. The van der Waals surface area contributed by atoms with Crippen molar-refractivity contribution >= 4 is 18.0 Å². The van der Waals surface area contributed by atoms with Gasteiger partial charge in [0.15, 0.2) is 6.29 Å². The average Bonchev–Trinajstić information content (AvgIpc) is 3.17. The van der Waals surface area contributed by atoms with Crippen molar-refractivity contribution in [1.82, 2.24) is 4.57 Å². The summed E-state index contributed by atoms with van der Waals surface area (Å²) in [5.41, 5.74) is 3.71. The van der Waals surface area contributed by atoms with E-state index in [0.29, 0.717) is 12.1 Å². The number of aromatic nitrogens is 1. The molecule has 38 heavy (non-hydrogen) atoms. The first kappa shape index (κ1) is 29.0. The van der Waals surface area contributed by atoms with Gasteiger partial charge in [0, 0.05) is 29.8 Å². The Morgan fingerprint density at radius 1 is 1.03 bits per heavy atom. The lowest BCUT2D eigenvalue weighted by Gasteiger charge is -2.20. The first-order valence-electron chi connectivity index (χ1n) is 12.9.